The number of aromatic nitrogens is 1. The molecule has 0 unspecified atom stereocenters. The summed E-state index contributed by atoms with van der Waals surface area (Å²) in [6.45, 7) is 0. The SMILES string of the molecule is O=C(Cc1nc(Br)sc1Cl)OF. The van der Waals surface area contributed by atoms with Gasteiger partial charge in [0.2, 0.25) is 0 Å². The molecule has 12 heavy (non-hydrogen) atoms. The standard InChI is InChI=1S/C5H2BrClFNO2S/c6-5-9-2(4(7)12-5)1-3(10)11-8/h1H2. The van der Waals surface area contributed by atoms with Crippen LogP contribution in [0.2, 0.25) is 4.34 Å². The zero-order chi connectivity index (χ0) is 9.14. The minimum Gasteiger partial charge on any atom is -0.254 e. The molecule has 0 saturated carbocycles. The lowest BCUT2D eigenvalue weighted by Gasteiger charge is -1.90. The van der Waals surface area contributed by atoms with E-state index < -0.39 is 5.97 Å². The van der Waals surface area contributed by atoms with Crippen LogP contribution in [0.4, 0.5) is 4.53 Å². The van der Waals surface area contributed by atoms with E-state index in [0.717, 1.165) is 11.3 Å². The Morgan fingerprint density at radius 3 is 2.92 bits per heavy atom. The van der Waals surface area contributed by atoms with Crippen molar-refractivity contribution < 1.29 is 14.3 Å². The fraction of sp³-hybridized carbons (Fsp3) is 0.200. The maximum atomic E-state index is 11.3. The number of hydrogen-bond donors (Lipinski definition) is 0. The molecule has 0 aliphatic heterocycles. The second-order valence-corrected chi connectivity index (χ2v) is 4.69. The van der Waals surface area contributed by atoms with Gasteiger partial charge in [-0.25, -0.2) is 9.78 Å². The average molecular weight is 274 g/mol. The third-order valence-corrected chi connectivity index (χ3v) is 2.81. The summed E-state index contributed by atoms with van der Waals surface area (Å²) in [4.78, 5) is 17.2. The maximum absolute atomic E-state index is 11.3. The molecule has 0 saturated heterocycles. The Morgan fingerprint density at radius 2 is 2.50 bits per heavy atom. The van der Waals surface area contributed by atoms with Gasteiger partial charge in [-0.2, -0.15) is 0 Å². The van der Waals surface area contributed by atoms with Crippen LogP contribution in [0.5, 0.6) is 0 Å². The van der Waals surface area contributed by atoms with Crippen molar-refractivity contribution in [2.45, 2.75) is 6.42 Å². The van der Waals surface area contributed by atoms with Crippen molar-refractivity contribution in [2.75, 3.05) is 0 Å². The molecule has 1 aromatic heterocycles. The predicted octanol–water partition coefficient (Wildman–Crippen LogP) is 2.53. The number of hydrogen-bond acceptors (Lipinski definition) is 4. The number of carbonyl (C=O) groups excluding carboxylic acids is 1. The fourth-order valence-electron chi connectivity index (χ4n) is 0.579. The fourth-order valence-corrected chi connectivity index (χ4v) is 2.43. The molecular formula is C5H2BrClFNO2S. The first-order valence-electron chi connectivity index (χ1n) is 2.75. The summed E-state index contributed by atoms with van der Waals surface area (Å²) in [5.41, 5.74) is 0.316. The Morgan fingerprint density at radius 1 is 1.83 bits per heavy atom. The van der Waals surface area contributed by atoms with Crippen LogP contribution in [-0.4, -0.2) is 11.0 Å². The van der Waals surface area contributed by atoms with Crippen molar-refractivity contribution in [1.82, 2.24) is 4.98 Å². The van der Waals surface area contributed by atoms with Crippen LogP contribution in [0.1, 0.15) is 5.69 Å². The summed E-state index contributed by atoms with van der Waals surface area (Å²) < 4.78 is 12.2. The monoisotopic (exact) mass is 273 g/mol. The number of rotatable bonds is 2. The molecule has 1 aromatic rings. The molecule has 0 spiro atoms. The molecule has 0 aromatic carbocycles. The van der Waals surface area contributed by atoms with Crippen LogP contribution in [0.3, 0.4) is 0 Å². The Labute approximate surface area is 84.5 Å². The molecule has 3 nitrogen and oxygen atoms in total. The smallest absolute Gasteiger partial charge is 0.254 e. The lowest BCUT2D eigenvalue weighted by atomic mass is 10.3. The van der Waals surface area contributed by atoms with Gasteiger partial charge in [0.15, 0.2) is 3.92 Å². The molecule has 0 N–H and O–H groups in total. The molecule has 0 atom stereocenters. The van der Waals surface area contributed by atoms with Crippen molar-refractivity contribution in [3.63, 3.8) is 0 Å². The number of halogens is 3. The van der Waals surface area contributed by atoms with Gasteiger partial charge in [0.1, 0.15) is 4.34 Å². The van der Waals surface area contributed by atoms with Crippen molar-refractivity contribution in [2.24, 2.45) is 0 Å². The van der Waals surface area contributed by atoms with E-state index in [9.17, 15) is 9.32 Å². The van der Waals surface area contributed by atoms with Crippen LogP contribution in [0, 0.1) is 0 Å². The summed E-state index contributed by atoms with van der Waals surface area (Å²) >= 11 is 9.88. The Bertz CT molecular complexity index is 306. The first-order valence-corrected chi connectivity index (χ1v) is 4.74. The van der Waals surface area contributed by atoms with E-state index >= 15 is 0 Å². The topological polar surface area (TPSA) is 39.2 Å². The molecule has 0 bridgehead atoms. The summed E-state index contributed by atoms with van der Waals surface area (Å²) in [6.07, 6.45) is -0.253. The normalized spacial score (nSPS) is 9.92. The Kier molecular flexibility index (Phi) is 3.42. The van der Waals surface area contributed by atoms with Crippen LogP contribution < -0.4 is 0 Å². The van der Waals surface area contributed by atoms with E-state index in [-0.39, 0.29) is 6.42 Å². The first kappa shape index (κ1) is 9.88. The zero-order valence-electron chi connectivity index (χ0n) is 5.51. The Balaban J connectivity index is 2.75. The Hall–Kier alpha value is -0.200. The van der Waals surface area contributed by atoms with E-state index in [0.29, 0.717) is 13.9 Å². The summed E-state index contributed by atoms with van der Waals surface area (Å²) in [5.74, 6) is -1.00. The third kappa shape index (κ3) is 2.40. The predicted molar refractivity (Wildman–Crippen MR) is 45.7 cm³/mol. The van der Waals surface area contributed by atoms with Gasteiger partial charge in [-0.15, -0.1) is 0 Å². The summed E-state index contributed by atoms with van der Waals surface area (Å²) in [6, 6.07) is 0. The van der Waals surface area contributed by atoms with Gasteiger partial charge in [0, 0.05) is 4.53 Å². The summed E-state index contributed by atoms with van der Waals surface area (Å²) in [7, 11) is 0. The largest absolute Gasteiger partial charge is 0.354 e. The van der Waals surface area contributed by atoms with Gasteiger partial charge in [0.05, 0.1) is 12.1 Å². The lowest BCUT2D eigenvalue weighted by molar-refractivity contribution is -0.182. The van der Waals surface area contributed by atoms with Gasteiger partial charge >= 0.3 is 5.97 Å². The van der Waals surface area contributed by atoms with E-state index in [2.05, 4.69) is 25.9 Å². The molecule has 0 radical (unpaired) electrons. The van der Waals surface area contributed by atoms with Gasteiger partial charge in [0.25, 0.3) is 0 Å². The van der Waals surface area contributed by atoms with Gasteiger partial charge in [-0.05, 0) is 15.9 Å². The zero-order valence-corrected chi connectivity index (χ0v) is 8.67. The van der Waals surface area contributed by atoms with E-state index in [1.807, 2.05) is 0 Å². The number of thiazole rings is 1. The molecule has 0 aliphatic rings. The van der Waals surface area contributed by atoms with Gasteiger partial charge < -0.3 is 0 Å². The highest BCUT2D eigenvalue weighted by Gasteiger charge is 2.13. The van der Waals surface area contributed by atoms with E-state index in [1.54, 1.807) is 0 Å². The molecule has 7 heteroatoms. The van der Waals surface area contributed by atoms with E-state index in [1.165, 1.54) is 0 Å². The van der Waals surface area contributed by atoms with E-state index in [4.69, 9.17) is 11.6 Å². The van der Waals surface area contributed by atoms with Crippen molar-refractivity contribution in [3.8, 4) is 0 Å². The summed E-state index contributed by atoms with van der Waals surface area (Å²) in [5, 5.41) is 0. The molecule has 0 aliphatic carbocycles. The highest BCUT2D eigenvalue weighted by Crippen LogP contribution is 2.28. The molecule has 0 amide bonds. The average Bonchev–Trinajstić information content (AvgIpc) is 2.30. The van der Waals surface area contributed by atoms with Crippen molar-refractivity contribution in [1.29, 1.82) is 0 Å². The molecule has 66 valence electrons. The minimum atomic E-state index is -1.00. The van der Waals surface area contributed by atoms with Gasteiger partial charge in [-0.3, -0.25) is 4.94 Å². The van der Waals surface area contributed by atoms with Gasteiger partial charge in [-0.1, -0.05) is 22.9 Å². The number of carbonyl (C=O) groups is 1. The van der Waals surface area contributed by atoms with Crippen LogP contribution >= 0.6 is 38.9 Å². The van der Waals surface area contributed by atoms with Crippen molar-refractivity contribution in [3.05, 3.63) is 13.9 Å². The minimum absolute atomic E-state index is 0.253. The van der Waals surface area contributed by atoms with Crippen molar-refractivity contribution >= 4 is 44.8 Å². The van der Waals surface area contributed by atoms with Crippen LogP contribution in [-0.2, 0) is 16.2 Å². The first-order chi connectivity index (χ1) is 5.63. The lowest BCUT2D eigenvalue weighted by Crippen LogP contribution is -2.02. The molecule has 0 fully saturated rings. The highest BCUT2D eigenvalue weighted by molar-refractivity contribution is 9.11. The molecular weight excluding hydrogens is 272 g/mol. The third-order valence-electron chi connectivity index (χ3n) is 1.02. The van der Waals surface area contributed by atoms with Crippen LogP contribution in [0.15, 0.2) is 3.92 Å². The maximum Gasteiger partial charge on any atom is 0.354 e. The molecule has 1 heterocycles. The highest BCUT2D eigenvalue weighted by atomic mass is 79.9. The molecule has 1 rings (SSSR count). The number of nitrogens with zero attached hydrogens (tertiary/aromatic N) is 1. The van der Waals surface area contributed by atoms with Crippen LogP contribution in [0.25, 0.3) is 0 Å². The second kappa shape index (κ2) is 4.15. The quantitative estimate of drug-likeness (QED) is 0.832. The second-order valence-electron chi connectivity index (χ2n) is 1.81.